The number of halogens is 1. The van der Waals surface area contributed by atoms with Gasteiger partial charge in [0.15, 0.2) is 0 Å². The molecule has 1 rings (SSSR count). The molecule has 0 saturated carbocycles. The Bertz CT molecular complexity index is 297. The van der Waals surface area contributed by atoms with Gasteiger partial charge >= 0.3 is 0 Å². The minimum atomic E-state index is -0.400. The summed E-state index contributed by atoms with van der Waals surface area (Å²) in [5.74, 6) is 0.826. The van der Waals surface area contributed by atoms with Gasteiger partial charge in [-0.05, 0) is 11.1 Å². The molecule has 0 amide bonds. The molecule has 1 aromatic carbocycles. The molecule has 0 atom stereocenters. The molecule has 0 radical (unpaired) electrons. The van der Waals surface area contributed by atoms with Gasteiger partial charge in [-0.3, -0.25) is 0 Å². The van der Waals surface area contributed by atoms with Crippen LogP contribution in [0.15, 0.2) is 24.3 Å². The minimum Gasteiger partial charge on any atom is -0.374 e. The SMILES string of the molecule is CNC(=S)SCc1ccc(CF)cc1. The lowest BCUT2D eigenvalue weighted by Gasteiger charge is -2.03. The van der Waals surface area contributed by atoms with Crippen LogP contribution in [0.1, 0.15) is 11.1 Å². The van der Waals surface area contributed by atoms with Gasteiger partial charge in [-0.1, -0.05) is 48.2 Å². The molecule has 0 saturated heterocycles. The molecule has 0 heterocycles. The molecule has 1 aromatic rings. The third-order valence-corrected chi connectivity index (χ3v) is 3.25. The average Bonchev–Trinajstić information content (AvgIpc) is 2.26. The molecular formula is C10H12FNS2. The van der Waals surface area contributed by atoms with Gasteiger partial charge in [0, 0.05) is 12.8 Å². The minimum absolute atomic E-state index is 0.400. The number of alkyl halides is 1. The average molecular weight is 229 g/mol. The summed E-state index contributed by atoms with van der Waals surface area (Å²) < 4.78 is 13.0. The fourth-order valence-electron chi connectivity index (χ4n) is 0.946. The third kappa shape index (κ3) is 3.64. The van der Waals surface area contributed by atoms with E-state index in [1.54, 1.807) is 23.9 Å². The zero-order chi connectivity index (χ0) is 10.4. The largest absolute Gasteiger partial charge is 0.374 e. The van der Waals surface area contributed by atoms with Gasteiger partial charge in [-0.15, -0.1) is 0 Å². The number of benzene rings is 1. The first kappa shape index (κ1) is 11.5. The normalized spacial score (nSPS) is 9.86. The highest BCUT2D eigenvalue weighted by Crippen LogP contribution is 2.14. The fraction of sp³-hybridized carbons (Fsp3) is 0.300. The highest BCUT2D eigenvalue weighted by Gasteiger charge is 1.97. The first-order valence-corrected chi connectivity index (χ1v) is 5.64. The molecule has 1 nitrogen and oxygen atoms in total. The highest BCUT2D eigenvalue weighted by molar-refractivity contribution is 8.22. The smallest absolute Gasteiger partial charge is 0.133 e. The Morgan fingerprint density at radius 3 is 2.43 bits per heavy atom. The Hall–Kier alpha value is -0.610. The Labute approximate surface area is 93.1 Å². The van der Waals surface area contributed by atoms with Crippen LogP contribution in [0, 0.1) is 0 Å². The first-order valence-electron chi connectivity index (χ1n) is 4.24. The van der Waals surface area contributed by atoms with Gasteiger partial charge in [0.05, 0.1) is 0 Å². The lowest BCUT2D eigenvalue weighted by molar-refractivity contribution is 0.485. The topological polar surface area (TPSA) is 12.0 Å². The summed E-state index contributed by atoms with van der Waals surface area (Å²) in [4.78, 5) is 0. The molecule has 0 aliphatic carbocycles. The van der Waals surface area contributed by atoms with Gasteiger partial charge in [-0.2, -0.15) is 0 Å². The van der Waals surface area contributed by atoms with E-state index in [1.807, 2.05) is 19.2 Å². The van der Waals surface area contributed by atoms with Crippen LogP contribution in [-0.4, -0.2) is 11.4 Å². The molecular weight excluding hydrogens is 217 g/mol. The number of hydrogen-bond donors (Lipinski definition) is 1. The van der Waals surface area contributed by atoms with Crippen molar-refractivity contribution in [3.63, 3.8) is 0 Å². The van der Waals surface area contributed by atoms with Crippen molar-refractivity contribution in [1.29, 1.82) is 0 Å². The molecule has 0 spiro atoms. The van der Waals surface area contributed by atoms with Crippen LogP contribution in [0.4, 0.5) is 4.39 Å². The second-order valence-corrected chi connectivity index (χ2v) is 4.43. The van der Waals surface area contributed by atoms with Crippen molar-refractivity contribution in [3.05, 3.63) is 35.4 Å². The van der Waals surface area contributed by atoms with Crippen molar-refractivity contribution in [2.24, 2.45) is 0 Å². The molecule has 0 aromatic heterocycles. The maximum Gasteiger partial charge on any atom is 0.133 e. The maximum absolute atomic E-state index is 12.2. The number of rotatable bonds is 3. The fourth-order valence-corrected chi connectivity index (χ4v) is 1.76. The molecule has 4 heteroatoms. The molecule has 0 fully saturated rings. The van der Waals surface area contributed by atoms with Crippen LogP contribution in [0.2, 0.25) is 0 Å². The second-order valence-electron chi connectivity index (χ2n) is 2.78. The van der Waals surface area contributed by atoms with E-state index in [-0.39, 0.29) is 0 Å². The van der Waals surface area contributed by atoms with Gasteiger partial charge in [0.25, 0.3) is 0 Å². The monoisotopic (exact) mass is 229 g/mol. The van der Waals surface area contributed by atoms with Crippen molar-refractivity contribution in [1.82, 2.24) is 5.32 Å². The van der Waals surface area contributed by atoms with E-state index in [9.17, 15) is 4.39 Å². The van der Waals surface area contributed by atoms with E-state index >= 15 is 0 Å². The van der Waals surface area contributed by atoms with E-state index in [2.05, 4.69) is 5.32 Å². The Morgan fingerprint density at radius 1 is 1.36 bits per heavy atom. The van der Waals surface area contributed by atoms with E-state index in [1.165, 1.54) is 0 Å². The summed E-state index contributed by atoms with van der Waals surface area (Å²) in [6.07, 6.45) is 0. The van der Waals surface area contributed by atoms with E-state index < -0.39 is 6.67 Å². The van der Waals surface area contributed by atoms with Crippen molar-refractivity contribution in [3.8, 4) is 0 Å². The lowest BCUT2D eigenvalue weighted by atomic mass is 10.2. The van der Waals surface area contributed by atoms with Gasteiger partial charge < -0.3 is 5.32 Å². The van der Waals surface area contributed by atoms with Gasteiger partial charge in [-0.25, -0.2) is 4.39 Å². The lowest BCUT2D eigenvalue weighted by Crippen LogP contribution is -2.10. The summed E-state index contributed by atoms with van der Waals surface area (Å²) in [6.45, 7) is -0.400. The predicted molar refractivity (Wildman–Crippen MR) is 64.2 cm³/mol. The Morgan fingerprint density at radius 2 is 1.93 bits per heavy atom. The van der Waals surface area contributed by atoms with Crippen LogP contribution in [0.25, 0.3) is 0 Å². The predicted octanol–water partition coefficient (Wildman–Crippen LogP) is 2.89. The summed E-state index contributed by atoms with van der Waals surface area (Å²) in [7, 11) is 1.81. The highest BCUT2D eigenvalue weighted by atomic mass is 32.2. The standard InChI is InChI=1S/C10H12FNS2/c1-12-10(13)14-7-9-4-2-8(6-11)3-5-9/h2-5H,6-7H2,1H3,(H,12,13). The summed E-state index contributed by atoms with van der Waals surface area (Å²) in [5, 5.41) is 2.89. The van der Waals surface area contributed by atoms with Crippen LogP contribution in [0.5, 0.6) is 0 Å². The quantitative estimate of drug-likeness (QED) is 0.800. The summed E-state index contributed by atoms with van der Waals surface area (Å²) >= 11 is 6.56. The van der Waals surface area contributed by atoms with Crippen LogP contribution in [-0.2, 0) is 12.4 Å². The van der Waals surface area contributed by atoms with Gasteiger partial charge in [0.2, 0.25) is 0 Å². The molecule has 0 bridgehead atoms. The van der Waals surface area contributed by atoms with Crippen molar-refractivity contribution < 1.29 is 4.39 Å². The van der Waals surface area contributed by atoms with E-state index in [4.69, 9.17) is 12.2 Å². The van der Waals surface area contributed by atoms with Crippen LogP contribution in [0.3, 0.4) is 0 Å². The Kier molecular flexibility index (Phi) is 4.90. The zero-order valence-corrected chi connectivity index (χ0v) is 9.55. The van der Waals surface area contributed by atoms with Crippen LogP contribution < -0.4 is 5.32 Å². The van der Waals surface area contributed by atoms with Crippen molar-refractivity contribution in [2.75, 3.05) is 7.05 Å². The number of nitrogens with one attached hydrogen (secondary N) is 1. The molecule has 14 heavy (non-hydrogen) atoms. The number of thiocarbonyl (C=S) groups is 1. The summed E-state index contributed by atoms with van der Waals surface area (Å²) in [5.41, 5.74) is 1.87. The van der Waals surface area contributed by atoms with Crippen molar-refractivity contribution >= 4 is 28.3 Å². The number of thioether (sulfide) groups is 1. The second kappa shape index (κ2) is 5.98. The molecule has 1 N–H and O–H groups in total. The zero-order valence-electron chi connectivity index (χ0n) is 7.92. The summed E-state index contributed by atoms with van der Waals surface area (Å²) in [6, 6.07) is 7.47. The van der Waals surface area contributed by atoms with E-state index in [0.717, 1.165) is 21.2 Å². The third-order valence-electron chi connectivity index (χ3n) is 1.75. The molecule has 0 aliphatic rings. The van der Waals surface area contributed by atoms with Gasteiger partial charge in [0.1, 0.15) is 11.0 Å². The molecule has 76 valence electrons. The first-order chi connectivity index (χ1) is 6.76. The number of hydrogen-bond acceptors (Lipinski definition) is 2. The van der Waals surface area contributed by atoms with Crippen molar-refractivity contribution in [2.45, 2.75) is 12.4 Å². The van der Waals surface area contributed by atoms with E-state index in [0.29, 0.717) is 0 Å². The Balaban J connectivity index is 2.47. The maximum atomic E-state index is 12.2. The van der Waals surface area contributed by atoms with Crippen LogP contribution >= 0.6 is 24.0 Å². The molecule has 0 unspecified atom stereocenters. The molecule has 0 aliphatic heterocycles.